The van der Waals surface area contributed by atoms with E-state index in [1.807, 2.05) is 32.0 Å². The summed E-state index contributed by atoms with van der Waals surface area (Å²) in [4.78, 5) is 38.4. The highest BCUT2D eigenvalue weighted by Crippen LogP contribution is 2.42. The average molecular weight is 600 g/mol. The van der Waals surface area contributed by atoms with E-state index in [4.69, 9.17) is 46.4 Å². The Labute approximate surface area is 238 Å². The number of nitrogens with one attached hydrogen (secondary N) is 2. The van der Waals surface area contributed by atoms with Gasteiger partial charge in [0.1, 0.15) is 0 Å². The highest BCUT2D eigenvalue weighted by atomic mass is 35.5. The molecule has 37 heavy (non-hydrogen) atoms. The van der Waals surface area contributed by atoms with Crippen LogP contribution in [-0.4, -0.2) is 28.1 Å². The molecule has 0 radical (unpaired) electrons. The molecule has 0 heterocycles. The van der Waals surface area contributed by atoms with Crippen LogP contribution in [0.5, 0.6) is 0 Å². The smallest absolute Gasteiger partial charge is 0.338 e. The fourth-order valence-electron chi connectivity index (χ4n) is 3.57. The molecule has 0 aliphatic rings. The summed E-state index contributed by atoms with van der Waals surface area (Å²) in [7, 11) is 0. The van der Waals surface area contributed by atoms with Crippen molar-refractivity contribution in [1.82, 2.24) is 0 Å². The second-order valence-corrected chi connectivity index (χ2v) is 10.9. The second-order valence-electron chi connectivity index (χ2n) is 8.00. The van der Waals surface area contributed by atoms with Crippen LogP contribution in [0.15, 0.2) is 47.4 Å². The number of benzene rings is 3. The van der Waals surface area contributed by atoms with Crippen LogP contribution >= 0.6 is 58.2 Å². The van der Waals surface area contributed by atoms with Gasteiger partial charge >= 0.3 is 5.97 Å². The fourth-order valence-corrected chi connectivity index (χ4v) is 5.52. The molecular weight excluding hydrogens is 578 g/mol. The van der Waals surface area contributed by atoms with Gasteiger partial charge in [-0.2, -0.15) is 0 Å². The van der Waals surface area contributed by atoms with E-state index >= 15 is 0 Å². The Morgan fingerprint density at radius 2 is 1.54 bits per heavy atom. The molecule has 0 fully saturated rings. The third kappa shape index (κ3) is 6.54. The number of rotatable bonds is 8. The van der Waals surface area contributed by atoms with Crippen molar-refractivity contribution >= 4 is 87.3 Å². The SMILES string of the molecule is CCc1cccc(C)c1NC(=O)C(C)Sc1cccc(NC(=O)c2c(Cl)c(Cl)c(Cl)c(Cl)c2C(=O)O)c1. The standard InChI is InChI=1S/C26H22Cl4N2O4S/c1-4-14-8-5-7-12(2)23(14)32-24(33)13(3)37-16-10-6-9-15(11-16)31-25(34)17-18(26(35)36)20(28)22(30)21(29)19(17)27/h5-11,13H,4H2,1-3H3,(H,31,34)(H,32,33)(H,35,36). The maximum Gasteiger partial charge on any atom is 0.338 e. The molecule has 6 nitrogen and oxygen atoms in total. The molecule has 3 N–H and O–H groups in total. The molecule has 3 rings (SSSR count). The van der Waals surface area contributed by atoms with E-state index in [-0.39, 0.29) is 21.0 Å². The van der Waals surface area contributed by atoms with E-state index in [2.05, 4.69) is 10.6 Å². The highest BCUT2D eigenvalue weighted by Gasteiger charge is 2.29. The molecule has 0 spiro atoms. The Morgan fingerprint density at radius 1 is 0.919 bits per heavy atom. The molecule has 0 saturated heterocycles. The first-order chi connectivity index (χ1) is 17.5. The first kappa shape index (κ1) is 29.1. The van der Waals surface area contributed by atoms with Gasteiger partial charge in [0.05, 0.1) is 36.5 Å². The third-order valence-electron chi connectivity index (χ3n) is 5.47. The number of carboxylic acid groups (broad SMARTS) is 1. The molecule has 0 aliphatic carbocycles. The molecule has 3 aromatic carbocycles. The summed E-state index contributed by atoms with van der Waals surface area (Å²) in [6, 6.07) is 12.6. The summed E-state index contributed by atoms with van der Waals surface area (Å²) in [6.07, 6.45) is 0.790. The molecule has 0 bridgehead atoms. The third-order valence-corrected chi connectivity index (χ3v) is 8.37. The van der Waals surface area contributed by atoms with Gasteiger partial charge in [-0.1, -0.05) is 77.6 Å². The number of hydrogen-bond acceptors (Lipinski definition) is 4. The zero-order valence-corrected chi connectivity index (χ0v) is 23.8. The van der Waals surface area contributed by atoms with Crippen molar-refractivity contribution < 1.29 is 19.5 Å². The monoisotopic (exact) mass is 598 g/mol. The highest BCUT2D eigenvalue weighted by molar-refractivity contribution is 8.00. The number of anilines is 2. The van der Waals surface area contributed by atoms with Crippen molar-refractivity contribution in [2.45, 2.75) is 37.3 Å². The van der Waals surface area contributed by atoms with E-state index < -0.39 is 33.3 Å². The predicted molar refractivity (Wildman–Crippen MR) is 152 cm³/mol. The van der Waals surface area contributed by atoms with Crippen LogP contribution in [0.3, 0.4) is 0 Å². The minimum Gasteiger partial charge on any atom is -0.478 e. The maximum atomic E-state index is 13.0. The normalized spacial score (nSPS) is 11.6. The second kappa shape index (κ2) is 12.4. The van der Waals surface area contributed by atoms with Crippen LogP contribution in [0, 0.1) is 6.92 Å². The Hall–Kier alpha value is -2.42. The Balaban J connectivity index is 1.80. The number of halogens is 4. The van der Waals surface area contributed by atoms with Gasteiger partial charge in [0, 0.05) is 16.3 Å². The first-order valence-corrected chi connectivity index (χ1v) is 13.4. The van der Waals surface area contributed by atoms with E-state index in [0.29, 0.717) is 10.6 Å². The molecule has 1 unspecified atom stereocenters. The van der Waals surface area contributed by atoms with Crippen molar-refractivity contribution in [2.75, 3.05) is 10.6 Å². The average Bonchev–Trinajstić information content (AvgIpc) is 2.85. The summed E-state index contributed by atoms with van der Waals surface area (Å²) >= 11 is 25.5. The van der Waals surface area contributed by atoms with E-state index in [0.717, 1.165) is 23.2 Å². The van der Waals surface area contributed by atoms with Gasteiger partial charge in [0.2, 0.25) is 5.91 Å². The maximum absolute atomic E-state index is 13.0. The predicted octanol–water partition coefficient (Wildman–Crippen LogP) is 8.24. The molecule has 0 aliphatic heterocycles. The summed E-state index contributed by atoms with van der Waals surface area (Å²) < 4.78 is 0. The van der Waals surface area contributed by atoms with Gasteiger partial charge in [0.25, 0.3) is 5.91 Å². The minimum atomic E-state index is -1.49. The van der Waals surface area contributed by atoms with Gasteiger partial charge in [-0.05, 0) is 49.6 Å². The Kier molecular flexibility index (Phi) is 9.78. The topological polar surface area (TPSA) is 95.5 Å². The van der Waals surface area contributed by atoms with E-state index in [1.165, 1.54) is 11.8 Å². The number of amides is 2. The van der Waals surface area contributed by atoms with Gasteiger partial charge < -0.3 is 15.7 Å². The lowest BCUT2D eigenvalue weighted by molar-refractivity contribution is -0.115. The van der Waals surface area contributed by atoms with Crippen LogP contribution < -0.4 is 10.6 Å². The number of carbonyl (C=O) groups excluding carboxylic acids is 2. The largest absolute Gasteiger partial charge is 0.478 e. The zero-order chi connectivity index (χ0) is 27.4. The van der Waals surface area contributed by atoms with Gasteiger partial charge in [0.15, 0.2) is 0 Å². The Bertz CT molecular complexity index is 1400. The molecule has 0 aromatic heterocycles. The van der Waals surface area contributed by atoms with Gasteiger partial charge in [-0.15, -0.1) is 11.8 Å². The number of aryl methyl sites for hydroxylation is 2. The molecule has 1 atom stereocenters. The van der Waals surface area contributed by atoms with Crippen LogP contribution in [0.25, 0.3) is 0 Å². The van der Waals surface area contributed by atoms with Crippen molar-refractivity contribution in [3.63, 3.8) is 0 Å². The number of aromatic carboxylic acids is 1. The molecule has 11 heteroatoms. The van der Waals surface area contributed by atoms with Crippen molar-refractivity contribution in [1.29, 1.82) is 0 Å². The van der Waals surface area contributed by atoms with Crippen LogP contribution in [0.4, 0.5) is 11.4 Å². The summed E-state index contributed by atoms with van der Waals surface area (Å²) in [5.41, 5.74) is 2.23. The molecular formula is C26H22Cl4N2O4S. The first-order valence-electron chi connectivity index (χ1n) is 11.0. The van der Waals surface area contributed by atoms with Crippen molar-refractivity contribution in [3.05, 3.63) is 84.8 Å². The summed E-state index contributed by atoms with van der Waals surface area (Å²) in [5, 5.41) is 13.6. The van der Waals surface area contributed by atoms with Gasteiger partial charge in [-0.25, -0.2) is 4.79 Å². The molecule has 2 amide bonds. The van der Waals surface area contributed by atoms with Gasteiger partial charge in [-0.3, -0.25) is 9.59 Å². The number of hydrogen-bond donors (Lipinski definition) is 3. The number of carboxylic acids is 1. The van der Waals surface area contributed by atoms with Crippen LogP contribution in [0.1, 0.15) is 45.7 Å². The summed E-state index contributed by atoms with van der Waals surface area (Å²) in [6.45, 7) is 5.76. The van der Waals surface area contributed by atoms with E-state index in [1.54, 1.807) is 31.2 Å². The van der Waals surface area contributed by atoms with Crippen LogP contribution in [0.2, 0.25) is 20.1 Å². The zero-order valence-electron chi connectivity index (χ0n) is 19.9. The minimum absolute atomic E-state index is 0.160. The molecule has 0 saturated carbocycles. The quantitative estimate of drug-likeness (QED) is 0.138. The fraction of sp³-hybridized carbons (Fsp3) is 0.192. The van der Waals surface area contributed by atoms with Crippen molar-refractivity contribution in [2.24, 2.45) is 0 Å². The van der Waals surface area contributed by atoms with E-state index in [9.17, 15) is 19.5 Å². The van der Waals surface area contributed by atoms with Crippen molar-refractivity contribution in [3.8, 4) is 0 Å². The summed E-state index contributed by atoms with van der Waals surface area (Å²) in [5.74, 6) is -2.48. The number of thioether (sulfide) groups is 1. The lowest BCUT2D eigenvalue weighted by Crippen LogP contribution is -2.23. The van der Waals surface area contributed by atoms with Crippen LogP contribution in [-0.2, 0) is 11.2 Å². The molecule has 194 valence electrons. The number of carbonyl (C=O) groups is 3. The Morgan fingerprint density at radius 3 is 2.16 bits per heavy atom. The lowest BCUT2D eigenvalue weighted by atomic mass is 10.1. The number of para-hydroxylation sites is 1. The lowest BCUT2D eigenvalue weighted by Gasteiger charge is -2.17. The molecule has 3 aromatic rings.